The fraction of sp³-hybridized carbons (Fsp3) is 0.875. The number of piperidine rings is 2. The molecule has 0 bridgehead atoms. The molecule has 1 saturated carbocycles. The minimum atomic E-state index is -0.00337. The Labute approximate surface area is 126 Å². The first-order valence-electron chi connectivity index (χ1n) is 8.47. The molecule has 2 amide bonds. The zero-order valence-corrected chi connectivity index (χ0v) is 12.9. The number of nitrogens with one attached hydrogen (secondary N) is 2. The Morgan fingerprint density at radius 2 is 1.81 bits per heavy atom. The van der Waals surface area contributed by atoms with Crippen molar-refractivity contribution < 1.29 is 9.59 Å². The van der Waals surface area contributed by atoms with Crippen molar-refractivity contribution in [2.75, 3.05) is 19.6 Å². The number of carbonyl (C=O) groups is 2. The minimum Gasteiger partial charge on any atom is -0.353 e. The number of likely N-dealkylation sites (tertiary alicyclic amines) is 1. The molecule has 2 saturated heterocycles. The SMILES string of the molecule is CC1CCCNC1C(=O)N1CCC(NC(=O)C2CC2)CC1. The molecule has 5 heteroatoms. The lowest BCUT2D eigenvalue weighted by atomic mass is 9.91. The van der Waals surface area contributed by atoms with Gasteiger partial charge < -0.3 is 15.5 Å². The largest absolute Gasteiger partial charge is 0.353 e. The lowest BCUT2D eigenvalue weighted by molar-refractivity contribution is -0.136. The van der Waals surface area contributed by atoms with Gasteiger partial charge in [-0.3, -0.25) is 9.59 Å². The van der Waals surface area contributed by atoms with E-state index in [1.54, 1.807) is 0 Å². The van der Waals surface area contributed by atoms with Crippen LogP contribution in [-0.2, 0) is 9.59 Å². The molecular formula is C16H27N3O2. The van der Waals surface area contributed by atoms with Gasteiger partial charge >= 0.3 is 0 Å². The molecule has 0 spiro atoms. The molecule has 0 aromatic carbocycles. The van der Waals surface area contributed by atoms with Crippen LogP contribution in [-0.4, -0.2) is 48.4 Å². The van der Waals surface area contributed by atoms with Crippen molar-refractivity contribution in [3.8, 4) is 0 Å². The van der Waals surface area contributed by atoms with E-state index in [4.69, 9.17) is 0 Å². The Bertz CT molecular complexity index is 400. The van der Waals surface area contributed by atoms with Gasteiger partial charge in [-0.2, -0.15) is 0 Å². The van der Waals surface area contributed by atoms with Crippen LogP contribution in [0.2, 0.25) is 0 Å². The van der Waals surface area contributed by atoms with Crippen LogP contribution in [0.5, 0.6) is 0 Å². The van der Waals surface area contributed by atoms with Crippen molar-refractivity contribution in [1.82, 2.24) is 15.5 Å². The van der Waals surface area contributed by atoms with Crippen molar-refractivity contribution >= 4 is 11.8 Å². The second-order valence-electron chi connectivity index (χ2n) is 6.93. The minimum absolute atomic E-state index is 0.00337. The summed E-state index contributed by atoms with van der Waals surface area (Å²) in [6, 6.07) is 0.259. The van der Waals surface area contributed by atoms with Crippen LogP contribution in [0.25, 0.3) is 0 Å². The molecule has 0 aromatic heterocycles. The highest BCUT2D eigenvalue weighted by atomic mass is 16.2. The van der Waals surface area contributed by atoms with Gasteiger partial charge in [-0.15, -0.1) is 0 Å². The average molecular weight is 293 g/mol. The summed E-state index contributed by atoms with van der Waals surface area (Å²) in [5, 5.41) is 6.51. The Kier molecular flexibility index (Phi) is 4.48. The number of rotatable bonds is 3. The first-order valence-corrected chi connectivity index (χ1v) is 8.47. The smallest absolute Gasteiger partial charge is 0.239 e. The van der Waals surface area contributed by atoms with Crippen molar-refractivity contribution in [2.24, 2.45) is 11.8 Å². The highest BCUT2D eigenvalue weighted by Crippen LogP contribution is 2.29. The molecule has 118 valence electrons. The molecule has 2 N–H and O–H groups in total. The van der Waals surface area contributed by atoms with E-state index >= 15 is 0 Å². The molecule has 0 radical (unpaired) electrons. The summed E-state index contributed by atoms with van der Waals surface area (Å²) in [6.07, 6.45) is 6.19. The standard InChI is InChI=1S/C16H27N3O2/c1-11-3-2-8-17-14(11)16(21)19-9-6-13(7-10-19)18-15(20)12-4-5-12/h11-14,17H,2-10H2,1H3,(H,18,20). The topological polar surface area (TPSA) is 61.4 Å². The highest BCUT2D eigenvalue weighted by Gasteiger charge is 2.35. The monoisotopic (exact) mass is 293 g/mol. The van der Waals surface area contributed by atoms with Crippen molar-refractivity contribution in [3.63, 3.8) is 0 Å². The summed E-state index contributed by atoms with van der Waals surface area (Å²) in [7, 11) is 0. The molecule has 1 aliphatic carbocycles. The molecule has 2 heterocycles. The number of hydrogen-bond acceptors (Lipinski definition) is 3. The van der Waals surface area contributed by atoms with Gasteiger partial charge in [-0.25, -0.2) is 0 Å². The summed E-state index contributed by atoms with van der Waals surface area (Å²) in [5.41, 5.74) is 0. The van der Waals surface area contributed by atoms with Crippen molar-refractivity contribution in [3.05, 3.63) is 0 Å². The van der Waals surface area contributed by atoms with Crippen LogP contribution in [0.15, 0.2) is 0 Å². The van der Waals surface area contributed by atoms with Gasteiger partial charge in [-0.05, 0) is 51.0 Å². The molecule has 2 unspecified atom stereocenters. The van der Waals surface area contributed by atoms with Crippen LogP contribution in [0, 0.1) is 11.8 Å². The van der Waals surface area contributed by atoms with Gasteiger partial charge in [0.25, 0.3) is 0 Å². The summed E-state index contributed by atoms with van der Waals surface area (Å²) < 4.78 is 0. The van der Waals surface area contributed by atoms with Gasteiger partial charge in [0.2, 0.25) is 11.8 Å². The molecule has 5 nitrogen and oxygen atoms in total. The van der Waals surface area contributed by atoms with E-state index in [9.17, 15) is 9.59 Å². The number of hydrogen-bond donors (Lipinski definition) is 2. The second kappa shape index (κ2) is 6.34. The van der Waals surface area contributed by atoms with Crippen molar-refractivity contribution in [2.45, 2.75) is 57.5 Å². The lowest BCUT2D eigenvalue weighted by Gasteiger charge is -2.37. The molecule has 3 aliphatic rings. The van der Waals surface area contributed by atoms with E-state index in [1.807, 2.05) is 4.90 Å². The maximum absolute atomic E-state index is 12.6. The maximum Gasteiger partial charge on any atom is 0.239 e. The summed E-state index contributed by atoms with van der Waals surface area (Å²) in [5.74, 6) is 1.19. The van der Waals surface area contributed by atoms with Gasteiger partial charge in [0.15, 0.2) is 0 Å². The van der Waals surface area contributed by atoms with Crippen LogP contribution in [0.3, 0.4) is 0 Å². The fourth-order valence-electron chi connectivity index (χ4n) is 3.49. The van der Waals surface area contributed by atoms with E-state index in [2.05, 4.69) is 17.6 Å². The summed E-state index contributed by atoms with van der Waals surface area (Å²) in [6.45, 7) is 4.67. The molecule has 2 aliphatic heterocycles. The zero-order valence-electron chi connectivity index (χ0n) is 12.9. The quantitative estimate of drug-likeness (QED) is 0.812. The molecule has 2 atom stereocenters. The predicted octanol–water partition coefficient (Wildman–Crippen LogP) is 0.892. The van der Waals surface area contributed by atoms with Crippen LogP contribution in [0.4, 0.5) is 0 Å². The van der Waals surface area contributed by atoms with Gasteiger partial charge in [-0.1, -0.05) is 6.92 Å². The Morgan fingerprint density at radius 1 is 1.10 bits per heavy atom. The third kappa shape index (κ3) is 3.57. The van der Waals surface area contributed by atoms with Crippen molar-refractivity contribution in [1.29, 1.82) is 0 Å². The number of amides is 2. The van der Waals surface area contributed by atoms with E-state index in [0.717, 1.165) is 51.7 Å². The lowest BCUT2D eigenvalue weighted by Crippen LogP contribution is -2.55. The molecule has 21 heavy (non-hydrogen) atoms. The maximum atomic E-state index is 12.6. The predicted molar refractivity (Wildman–Crippen MR) is 80.7 cm³/mol. The summed E-state index contributed by atoms with van der Waals surface area (Å²) in [4.78, 5) is 26.3. The van der Waals surface area contributed by atoms with E-state index < -0.39 is 0 Å². The zero-order chi connectivity index (χ0) is 14.8. The van der Waals surface area contributed by atoms with Crippen LogP contribution >= 0.6 is 0 Å². The third-order valence-electron chi connectivity index (χ3n) is 5.14. The highest BCUT2D eigenvalue weighted by molar-refractivity contribution is 5.83. The normalized spacial score (nSPS) is 31.0. The van der Waals surface area contributed by atoms with Gasteiger partial charge in [0.05, 0.1) is 6.04 Å². The molecule has 0 aromatic rings. The van der Waals surface area contributed by atoms with Gasteiger partial charge in [0.1, 0.15) is 0 Å². The first kappa shape index (κ1) is 14.8. The first-order chi connectivity index (χ1) is 10.1. The van der Waals surface area contributed by atoms with Gasteiger partial charge in [0, 0.05) is 25.0 Å². The third-order valence-corrected chi connectivity index (χ3v) is 5.14. The van der Waals surface area contributed by atoms with Crippen LogP contribution in [0.1, 0.15) is 45.4 Å². The Hall–Kier alpha value is -1.10. The van der Waals surface area contributed by atoms with E-state index in [1.165, 1.54) is 6.42 Å². The Morgan fingerprint density at radius 3 is 2.43 bits per heavy atom. The second-order valence-corrected chi connectivity index (χ2v) is 6.93. The number of nitrogens with zero attached hydrogens (tertiary/aromatic N) is 1. The molecule has 3 rings (SSSR count). The average Bonchev–Trinajstić information content (AvgIpc) is 3.32. The van der Waals surface area contributed by atoms with E-state index in [0.29, 0.717) is 5.92 Å². The Balaban J connectivity index is 1.46. The van der Waals surface area contributed by atoms with Crippen LogP contribution < -0.4 is 10.6 Å². The summed E-state index contributed by atoms with van der Waals surface area (Å²) >= 11 is 0. The fourth-order valence-corrected chi connectivity index (χ4v) is 3.49. The molecule has 3 fully saturated rings. The van der Waals surface area contributed by atoms with E-state index in [-0.39, 0.29) is 29.8 Å². The molecular weight excluding hydrogens is 266 g/mol. The number of carbonyl (C=O) groups excluding carboxylic acids is 2.